The van der Waals surface area contributed by atoms with Crippen LogP contribution in [0, 0.1) is 11.8 Å². The monoisotopic (exact) mass is 261 g/mol. The zero-order valence-electron chi connectivity index (χ0n) is 9.26. The summed E-state index contributed by atoms with van der Waals surface area (Å²) in [4.78, 5) is 22.7. The molecule has 2 aliphatic rings. The Balaban J connectivity index is 1.94. The van der Waals surface area contributed by atoms with Gasteiger partial charge in [-0.05, 0) is 25.2 Å². The van der Waals surface area contributed by atoms with Crippen molar-refractivity contribution in [3.63, 3.8) is 0 Å². The van der Waals surface area contributed by atoms with Gasteiger partial charge in [0, 0.05) is 0 Å². The molecule has 0 spiro atoms. The highest BCUT2D eigenvalue weighted by Gasteiger charge is 2.40. The Hall–Kier alpha value is -1.11. The van der Waals surface area contributed by atoms with Crippen LogP contribution >= 0.6 is 0 Å². The van der Waals surface area contributed by atoms with E-state index in [1.165, 1.54) is 0 Å². The number of amides is 1. The molecule has 2 unspecified atom stereocenters. The molecule has 6 nitrogen and oxygen atoms in total. The Labute approximate surface area is 99.3 Å². The lowest BCUT2D eigenvalue weighted by Gasteiger charge is -2.16. The molecule has 0 aromatic heterocycles. The minimum Gasteiger partial charge on any atom is -0.480 e. The predicted octanol–water partition coefficient (Wildman–Crippen LogP) is -0.600. The number of aliphatic carboxylic acids is 1. The number of sulfone groups is 1. The molecule has 2 N–H and O–H groups in total. The topological polar surface area (TPSA) is 101 Å². The smallest absolute Gasteiger partial charge is 0.326 e. The van der Waals surface area contributed by atoms with Crippen LogP contribution in [0.25, 0.3) is 0 Å². The second kappa shape index (κ2) is 4.29. The van der Waals surface area contributed by atoms with E-state index >= 15 is 0 Å². The summed E-state index contributed by atoms with van der Waals surface area (Å²) in [6.07, 6.45) is 1.91. The summed E-state index contributed by atoms with van der Waals surface area (Å²) in [6, 6.07) is -0.856. The van der Waals surface area contributed by atoms with Gasteiger partial charge in [0.05, 0.1) is 17.4 Å². The van der Waals surface area contributed by atoms with Gasteiger partial charge in [-0.2, -0.15) is 0 Å². The molecule has 0 aromatic carbocycles. The number of hydrogen-bond donors (Lipinski definition) is 2. The summed E-state index contributed by atoms with van der Waals surface area (Å²) in [5.41, 5.74) is 0. The molecule has 1 saturated heterocycles. The van der Waals surface area contributed by atoms with Crippen LogP contribution in [-0.4, -0.2) is 42.9 Å². The van der Waals surface area contributed by atoms with Gasteiger partial charge in [0.2, 0.25) is 5.91 Å². The predicted molar refractivity (Wildman–Crippen MR) is 59.1 cm³/mol. The highest BCUT2D eigenvalue weighted by Crippen LogP contribution is 2.33. The van der Waals surface area contributed by atoms with Gasteiger partial charge in [0.1, 0.15) is 6.04 Å². The van der Waals surface area contributed by atoms with Gasteiger partial charge < -0.3 is 10.4 Å². The van der Waals surface area contributed by atoms with Gasteiger partial charge in [0.25, 0.3) is 0 Å². The van der Waals surface area contributed by atoms with Gasteiger partial charge in [-0.1, -0.05) is 0 Å². The summed E-state index contributed by atoms with van der Waals surface area (Å²) in [7, 11) is -3.11. The molecular weight excluding hydrogens is 246 g/mol. The fourth-order valence-electron chi connectivity index (χ4n) is 2.08. The van der Waals surface area contributed by atoms with E-state index in [0.29, 0.717) is 6.42 Å². The van der Waals surface area contributed by atoms with E-state index in [9.17, 15) is 18.0 Å². The largest absolute Gasteiger partial charge is 0.480 e. The maximum absolute atomic E-state index is 11.7. The highest BCUT2D eigenvalue weighted by molar-refractivity contribution is 7.91. The Morgan fingerprint density at radius 1 is 1.24 bits per heavy atom. The summed E-state index contributed by atoms with van der Waals surface area (Å²) in [5, 5.41) is 11.4. The molecule has 1 aliphatic heterocycles. The molecule has 1 amide bonds. The van der Waals surface area contributed by atoms with Crippen molar-refractivity contribution in [1.29, 1.82) is 0 Å². The third-order valence-corrected chi connectivity index (χ3v) is 5.03. The summed E-state index contributed by atoms with van der Waals surface area (Å²) in [5.74, 6) is -2.19. The van der Waals surface area contributed by atoms with E-state index in [1.54, 1.807) is 0 Å². The standard InChI is InChI=1S/C10H15NO5S/c12-9(7-3-4-17(15,16)5-7)11-8(10(13)14)6-1-2-6/h6-8H,1-5H2,(H,11,12)(H,13,14). The number of carbonyl (C=O) groups is 2. The first-order chi connectivity index (χ1) is 7.89. The number of carboxylic acid groups (broad SMARTS) is 1. The molecule has 0 bridgehead atoms. The third-order valence-electron chi connectivity index (χ3n) is 3.26. The van der Waals surface area contributed by atoms with Crippen LogP contribution in [0.15, 0.2) is 0 Å². The first kappa shape index (κ1) is 12.3. The van der Waals surface area contributed by atoms with Crippen LogP contribution in [0.1, 0.15) is 19.3 Å². The molecule has 2 rings (SSSR count). The Morgan fingerprint density at radius 3 is 2.29 bits per heavy atom. The van der Waals surface area contributed by atoms with Crippen LogP contribution in [0.4, 0.5) is 0 Å². The van der Waals surface area contributed by atoms with Gasteiger partial charge in [-0.3, -0.25) is 4.79 Å². The molecular formula is C10H15NO5S. The van der Waals surface area contributed by atoms with Crippen LogP contribution in [-0.2, 0) is 19.4 Å². The molecule has 7 heteroatoms. The fraction of sp³-hybridized carbons (Fsp3) is 0.800. The van der Waals surface area contributed by atoms with Gasteiger partial charge >= 0.3 is 5.97 Å². The molecule has 2 fully saturated rings. The minimum absolute atomic E-state index is 0.00876. The molecule has 1 heterocycles. The van der Waals surface area contributed by atoms with Gasteiger partial charge in [-0.15, -0.1) is 0 Å². The lowest BCUT2D eigenvalue weighted by atomic mass is 10.1. The Bertz CT molecular complexity index is 440. The van der Waals surface area contributed by atoms with Gasteiger partial charge in [-0.25, -0.2) is 13.2 Å². The summed E-state index contributed by atoms with van der Waals surface area (Å²) < 4.78 is 22.4. The SMILES string of the molecule is O=C(NC(C(=O)O)C1CC1)C1CCS(=O)(=O)C1. The van der Waals surface area contributed by atoms with E-state index in [0.717, 1.165) is 12.8 Å². The molecule has 1 aliphatic carbocycles. The van der Waals surface area contributed by atoms with Crippen molar-refractivity contribution in [2.45, 2.75) is 25.3 Å². The van der Waals surface area contributed by atoms with Crippen LogP contribution < -0.4 is 5.32 Å². The van der Waals surface area contributed by atoms with Crippen LogP contribution in [0.2, 0.25) is 0 Å². The van der Waals surface area contributed by atoms with Crippen molar-refractivity contribution < 1.29 is 23.1 Å². The number of rotatable bonds is 4. The van der Waals surface area contributed by atoms with Crippen molar-refractivity contribution in [1.82, 2.24) is 5.32 Å². The average Bonchev–Trinajstić information content (AvgIpc) is 2.98. The quantitative estimate of drug-likeness (QED) is 0.704. The van der Waals surface area contributed by atoms with E-state index < -0.39 is 33.7 Å². The molecule has 0 radical (unpaired) electrons. The average molecular weight is 261 g/mol. The van der Waals surface area contributed by atoms with Crippen LogP contribution in [0.5, 0.6) is 0 Å². The van der Waals surface area contributed by atoms with Crippen molar-refractivity contribution in [3.8, 4) is 0 Å². The van der Waals surface area contributed by atoms with Gasteiger partial charge in [0.15, 0.2) is 9.84 Å². The van der Waals surface area contributed by atoms with Crippen molar-refractivity contribution in [2.24, 2.45) is 11.8 Å². The maximum Gasteiger partial charge on any atom is 0.326 e. The number of carbonyl (C=O) groups excluding carboxylic acids is 1. The second-order valence-corrected chi connectivity index (χ2v) is 6.99. The molecule has 2 atom stereocenters. The van der Waals surface area contributed by atoms with E-state index in [-0.39, 0.29) is 17.4 Å². The number of nitrogens with one attached hydrogen (secondary N) is 1. The van der Waals surface area contributed by atoms with Crippen molar-refractivity contribution in [2.75, 3.05) is 11.5 Å². The lowest BCUT2D eigenvalue weighted by molar-refractivity contribution is -0.143. The maximum atomic E-state index is 11.7. The first-order valence-electron chi connectivity index (χ1n) is 5.62. The number of carboxylic acids is 1. The van der Waals surface area contributed by atoms with Crippen LogP contribution in [0.3, 0.4) is 0 Å². The van der Waals surface area contributed by atoms with E-state index in [1.807, 2.05) is 0 Å². The molecule has 0 aromatic rings. The highest BCUT2D eigenvalue weighted by atomic mass is 32.2. The third kappa shape index (κ3) is 2.96. The van der Waals surface area contributed by atoms with E-state index in [4.69, 9.17) is 5.11 Å². The molecule has 1 saturated carbocycles. The normalized spacial score (nSPS) is 28.6. The van der Waals surface area contributed by atoms with E-state index in [2.05, 4.69) is 5.32 Å². The second-order valence-electron chi connectivity index (χ2n) is 4.76. The molecule has 96 valence electrons. The Kier molecular flexibility index (Phi) is 3.11. The first-order valence-corrected chi connectivity index (χ1v) is 7.45. The molecule has 17 heavy (non-hydrogen) atoms. The summed E-state index contributed by atoms with van der Waals surface area (Å²) >= 11 is 0. The minimum atomic E-state index is -3.11. The van der Waals surface area contributed by atoms with Crippen molar-refractivity contribution in [3.05, 3.63) is 0 Å². The summed E-state index contributed by atoms with van der Waals surface area (Å²) in [6.45, 7) is 0. The number of hydrogen-bond acceptors (Lipinski definition) is 4. The fourth-order valence-corrected chi connectivity index (χ4v) is 3.83. The lowest BCUT2D eigenvalue weighted by Crippen LogP contribution is -2.45. The zero-order valence-corrected chi connectivity index (χ0v) is 10.1. The van der Waals surface area contributed by atoms with Crippen molar-refractivity contribution >= 4 is 21.7 Å². The Morgan fingerprint density at radius 2 is 1.88 bits per heavy atom. The zero-order chi connectivity index (χ0) is 12.6.